The van der Waals surface area contributed by atoms with E-state index < -0.39 is 5.92 Å². The van der Waals surface area contributed by atoms with Gasteiger partial charge in [-0.1, -0.05) is 17.2 Å². The third-order valence-electron chi connectivity index (χ3n) is 3.26. The van der Waals surface area contributed by atoms with Crippen LogP contribution in [-0.2, 0) is 4.79 Å². The first-order valence-electron chi connectivity index (χ1n) is 6.18. The third kappa shape index (κ3) is 2.60. The fraction of sp³-hybridized carbons (Fsp3) is 0.200. The number of benzene rings is 1. The lowest BCUT2D eigenvalue weighted by Crippen LogP contribution is -2.21. The number of aldehydes is 1. The molecule has 4 nitrogen and oxygen atoms in total. The number of aryl methyl sites for hydroxylation is 1. The zero-order valence-corrected chi connectivity index (χ0v) is 12.1. The van der Waals surface area contributed by atoms with Gasteiger partial charge in [0.1, 0.15) is 6.29 Å². The van der Waals surface area contributed by atoms with Crippen LogP contribution in [0.1, 0.15) is 12.5 Å². The standard InChI is InChI=1S/C15H16ClN3O/c1-8-6-13(15(18)14(16)11(8)7-20)19-12-4-3-10(17)5-9(12)2/h3-7,11H,17-18H2,1-2H3. The van der Waals surface area contributed by atoms with E-state index in [1.807, 2.05) is 26.0 Å². The van der Waals surface area contributed by atoms with Crippen molar-refractivity contribution >= 4 is 35.0 Å². The number of nitrogens with zero attached hydrogens (tertiary/aromatic N) is 1. The number of hydrogen-bond donors (Lipinski definition) is 2. The van der Waals surface area contributed by atoms with E-state index in [0.29, 0.717) is 22.1 Å². The lowest BCUT2D eigenvalue weighted by molar-refractivity contribution is -0.109. The SMILES string of the molecule is CC1=CC(=Nc2ccc(N)cc2C)C(N)=C(Cl)C1C=O. The number of rotatable bonds is 2. The fourth-order valence-electron chi connectivity index (χ4n) is 2.07. The van der Waals surface area contributed by atoms with Crippen LogP contribution in [0.2, 0.25) is 0 Å². The summed E-state index contributed by atoms with van der Waals surface area (Å²) in [5.41, 5.74) is 15.8. The molecule has 5 heteroatoms. The highest BCUT2D eigenvalue weighted by molar-refractivity contribution is 6.35. The number of carbonyl (C=O) groups is 1. The van der Waals surface area contributed by atoms with Gasteiger partial charge in [-0.05, 0) is 43.7 Å². The van der Waals surface area contributed by atoms with E-state index in [1.165, 1.54) is 0 Å². The Hall–Kier alpha value is -2.07. The van der Waals surface area contributed by atoms with Crippen molar-refractivity contribution in [2.24, 2.45) is 16.6 Å². The summed E-state index contributed by atoms with van der Waals surface area (Å²) >= 11 is 6.14. The van der Waals surface area contributed by atoms with E-state index in [-0.39, 0.29) is 0 Å². The number of nitrogens with two attached hydrogens (primary N) is 2. The quantitative estimate of drug-likeness (QED) is 0.649. The normalized spacial score (nSPS) is 21.1. The molecule has 0 bridgehead atoms. The van der Waals surface area contributed by atoms with Crippen molar-refractivity contribution in [3.63, 3.8) is 0 Å². The van der Waals surface area contributed by atoms with Crippen molar-refractivity contribution in [2.75, 3.05) is 5.73 Å². The summed E-state index contributed by atoms with van der Waals surface area (Å²) in [7, 11) is 0. The molecule has 0 saturated heterocycles. The molecule has 0 aliphatic heterocycles. The van der Waals surface area contributed by atoms with Crippen LogP contribution in [0.15, 0.2) is 45.6 Å². The molecule has 2 rings (SSSR count). The minimum atomic E-state index is -0.469. The van der Waals surface area contributed by atoms with Crippen molar-refractivity contribution in [2.45, 2.75) is 13.8 Å². The van der Waals surface area contributed by atoms with Gasteiger partial charge in [-0.25, -0.2) is 4.99 Å². The molecule has 1 aliphatic carbocycles. The van der Waals surface area contributed by atoms with E-state index >= 15 is 0 Å². The van der Waals surface area contributed by atoms with Crippen LogP contribution in [0.25, 0.3) is 0 Å². The van der Waals surface area contributed by atoms with Gasteiger partial charge < -0.3 is 16.3 Å². The number of allylic oxidation sites excluding steroid dienone is 3. The monoisotopic (exact) mass is 289 g/mol. The highest BCUT2D eigenvalue weighted by atomic mass is 35.5. The number of anilines is 1. The smallest absolute Gasteiger partial charge is 0.132 e. The van der Waals surface area contributed by atoms with Gasteiger partial charge in [0.05, 0.1) is 28.0 Å². The molecule has 0 amide bonds. The van der Waals surface area contributed by atoms with E-state index in [4.69, 9.17) is 23.1 Å². The van der Waals surface area contributed by atoms with Gasteiger partial charge in [0, 0.05) is 5.69 Å². The third-order valence-corrected chi connectivity index (χ3v) is 3.70. The summed E-state index contributed by atoms with van der Waals surface area (Å²) in [6.07, 6.45) is 2.57. The molecular formula is C15H16ClN3O. The Morgan fingerprint density at radius 3 is 2.60 bits per heavy atom. The first-order chi connectivity index (χ1) is 9.43. The number of carbonyl (C=O) groups excluding carboxylic acids is 1. The minimum absolute atomic E-state index is 0.326. The van der Waals surface area contributed by atoms with Crippen LogP contribution in [0.5, 0.6) is 0 Å². The van der Waals surface area contributed by atoms with Gasteiger partial charge in [-0.15, -0.1) is 0 Å². The Morgan fingerprint density at radius 2 is 2.00 bits per heavy atom. The Labute approximate surface area is 122 Å². The maximum absolute atomic E-state index is 11.0. The van der Waals surface area contributed by atoms with Crippen LogP contribution < -0.4 is 11.5 Å². The largest absolute Gasteiger partial charge is 0.399 e. The lowest BCUT2D eigenvalue weighted by atomic mass is 9.93. The first-order valence-corrected chi connectivity index (χ1v) is 6.55. The Bertz CT molecular complexity index is 659. The zero-order valence-electron chi connectivity index (χ0n) is 11.4. The molecule has 1 aliphatic rings. The summed E-state index contributed by atoms with van der Waals surface area (Å²) in [5, 5.41) is 0.326. The van der Waals surface area contributed by atoms with Crippen LogP contribution in [0.4, 0.5) is 11.4 Å². The van der Waals surface area contributed by atoms with Crippen LogP contribution >= 0.6 is 11.6 Å². The molecule has 1 atom stereocenters. The second-order valence-electron chi connectivity index (χ2n) is 4.81. The minimum Gasteiger partial charge on any atom is -0.399 e. The molecule has 0 spiro atoms. The molecule has 1 unspecified atom stereocenters. The molecular weight excluding hydrogens is 274 g/mol. The van der Waals surface area contributed by atoms with E-state index in [0.717, 1.165) is 23.1 Å². The van der Waals surface area contributed by atoms with E-state index in [9.17, 15) is 4.79 Å². The summed E-state index contributed by atoms with van der Waals surface area (Å²) in [6.45, 7) is 3.75. The molecule has 0 radical (unpaired) electrons. The number of nitrogen functional groups attached to an aromatic ring is 1. The highest BCUT2D eigenvalue weighted by Crippen LogP contribution is 2.30. The Morgan fingerprint density at radius 1 is 1.30 bits per heavy atom. The van der Waals surface area contributed by atoms with Gasteiger partial charge in [-0.2, -0.15) is 0 Å². The van der Waals surface area contributed by atoms with Gasteiger partial charge in [0.25, 0.3) is 0 Å². The van der Waals surface area contributed by atoms with Crippen LogP contribution in [0, 0.1) is 12.8 Å². The predicted octanol–water partition coefficient (Wildman–Crippen LogP) is 2.83. The Balaban J connectivity index is 2.50. The average Bonchev–Trinajstić information content (AvgIpc) is 2.39. The average molecular weight is 290 g/mol. The predicted molar refractivity (Wildman–Crippen MR) is 83.1 cm³/mol. The molecule has 0 heterocycles. The van der Waals surface area contributed by atoms with E-state index in [1.54, 1.807) is 12.1 Å². The number of aliphatic imine (C=N–C) groups is 1. The molecule has 104 valence electrons. The second kappa shape index (κ2) is 5.51. The fourth-order valence-corrected chi connectivity index (χ4v) is 2.39. The van der Waals surface area contributed by atoms with E-state index in [2.05, 4.69) is 4.99 Å². The number of halogens is 1. The number of hydrogen-bond acceptors (Lipinski definition) is 4. The van der Waals surface area contributed by atoms with Crippen molar-refractivity contribution in [3.8, 4) is 0 Å². The van der Waals surface area contributed by atoms with Crippen LogP contribution in [-0.4, -0.2) is 12.0 Å². The van der Waals surface area contributed by atoms with Crippen molar-refractivity contribution in [1.82, 2.24) is 0 Å². The second-order valence-corrected chi connectivity index (χ2v) is 5.21. The summed E-state index contributed by atoms with van der Waals surface area (Å²) in [6, 6.07) is 5.45. The zero-order chi connectivity index (χ0) is 14.9. The highest BCUT2D eigenvalue weighted by Gasteiger charge is 2.24. The van der Waals surface area contributed by atoms with Gasteiger partial charge in [0.15, 0.2) is 0 Å². The van der Waals surface area contributed by atoms with Crippen molar-refractivity contribution in [1.29, 1.82) is 0 Å². The summed E-state index contributed by atoms with van der Waals surface area (Å²) in [5.74, 6) is -0.469. The van der Waals surface area contributed by atoms with Crippen LogP contribution in [0.3, 0.4) is 0 Å². The Kier molecular flexibility index (Phi) is 3.95. The lowest BCUT2D eigenvalue weighted by Gasteiger charge is -2.19. The molecule has 0 saturated carbocycles. The summed E-state index contributed by atoms with van der Waals surface area (Å²) < 4.78 is 0. The summed E-state index contributed by atoms with van der Waals surface area (Å²) in [4.78, 5) is 15.5. The molecule has 4 N–H and O–H groups in total. The first kappa shape index (κ1) is 14.3. The maximum atomic E-state index is 11.0. The molecule has 20 heavy (non-hydrogen) atoms. The molecule has 1 aromatic carbocycles. The topological polar surface area (TPSA) is 81.5 Å². The van der Waals surface area contributed by atoms with Gasteiger partial charge in [-0.3, -0.25) is 0 Å². The van der Waals surface area contributed by atoms with Gasteiger partial charge in [0.2, 0.25) is 0 Å². The molecule has 0 fully saturated rings. The van der Waals surface area contributed by atoms with Gasteiger partial charge >= 0.3 is 0 Å². The maximum Gasteiger partial charge on any atom is 0.132 e. The molecule has 0 aromatic heterocycles. The van der Waals surface area contributed by atoms with Crippen molar-refractivity contribution in [3.05, 3.63) is 46.1 Å². The van der Waals surface area contributed by atoms with Crippen molar-refractivity contribution < 1.29 is 4.79 Å². The molecule has 1 aromatic rings.